The predicted octanol–water partition coefficient (Wildman–Crippen LogP) is 0.186. The second kappa shape index (κ2) is 15.9. The van der Waals surface area contributed by atoms with E-state index in [1.54, 1.807) is 0 Å². The number of unbranched alkanes of at least 4 members (excludes halogenated alkanes) is 4. The Kier molecular flexibility index (Phi) is 19.2. The van der Waals surface area contributed by atoms with Gasteiger partial charge < -0.3 is 16.8 Å². The van der Waals surface area contributed by atoms with Gasteiger partial charge in [0.15, 0.2) is 0 Å². The van der Waals surface area contributed by atoms with Crippen molar-refractivity contribution in [3.05, 3.63) is 0 Å². The van der Waals surface area contributed by atoms with Crippen molar-refractivity contribution in [3.8, 4) is 0 Å². The fourth-order valence-electron chi connectivity index (χ4n) is 1.27. The minimum absolute atomic E-state index is 0. The SMILES string of the molecule is NCCCCCNCCCCCN.[LiH]. The summed E-state index contributed by atoms with van der Waals surface area (Å²) in [5.74, 6) is 0. The van der Waals surface area contributed by atoms with Crippen LogP contribution in [0, 0.1) is 0 Å². The molecule has 0 heterocycles. The Balaban J connectivity index is 0. The summed E-state index contributed by atoms with van der Waals surface area (Å²) in [5.41, 5.74) is 10.8. The summed E-state index contributed by atoms with van der Waals surface area (Å²) in [6.45, 7) is 3.94. The molecule has 0 aliphatic rings. The summed E-state index contributed by atoms with van der Waals surface area (Å²) in [7, 11) is 0. The van der Waals surface area contributed by atoms with Gasteiger partial charge in [-0.3, -0.25) is 0 Å². The van der Waals surface area contributed by atoms with Crippen molar-refractivity contribution in [3.63, 3.8) is 0 Å². The Bertz CT molecular complexity index is 81.4. The zero-order valence-electron chi connectivity index (χ0n) is 8.73. The summed E-state index contributed by atoms with van der Waals surface area (Å²) >= 11 is 0. The Hall–Kier alpha value is 0.477. The van der Waals surface area contributed by atoms with Gasteiger partial charge in [-0.15, -0.1) is 0 Å². The van der Waals surface area contributed by atoms with E-state index < -0.39 is 0 Å². The van der Waals surface area contributed by atoms with E-state index in [0.717, 1.165) is 39.0 Å². The van der Waals surface area contributed by atoms with Crippen LogP contribution in [0.2, 0.25) is 0 Å². The van der Waals surface area contributed by atoms with E-state index in [1.807, 2.05) is 0 Å². The third-order valence-corrected chi connectivity index (χ3v) is 2.12. The van der Waals surface area contributed by atoms with Gasteiger partial charge in [0.2, 0.25) is 0 Å². The van der Waals surface area contributed by atoms with Gasteiger partial charge in [0.1, 0.15) is 0 Å². The van der Waals surface area contributed by atoms with Crippen molar-refractivity contribution in [2.75, 3.05) is 26.2 Å². The van der Waals surface area contributed by atoms with Gasteiger partial charge in [0, 0.05) is 0 Å². The van der Waals surface area contributed by atoms with Crippen LogP contribution in [0.5, 0.6) is 0 Å². The Morgan fingerprint density at radius 2 is 1.07 bits per heavy atom. The molecule has 0 amide bonds. The molecule has 0 radical (unpaired) electrons. The van der Waals surface area contributed by atoms with Crippen LogP contribution in [0.4, 0.5) is 0 Å². The first kappa shape index (κ1) is 16.9. The molecule has 4 heteroatoms. The average molecular weight is 195 g/mol. The van der Waals surface area contributed by atoms with E-state index in [4.69, 9.17) is 11.5 Å². The van der Waals surface area contributed by atoms with Gasteiger partial charge in [-0.1, -0.05) is 12.8 Å². The number of nitrogens with one attached hydrogen (secondary N) is 1. The fraction of sp³-hybridized carbons (Fsp3) is 1.00. The average Bonchev–Trinajstić information content (AvgIpc) is 2.16. The molecule has 0 aromatic carbocycles. The summed E-state index contributed by atoms with van der Waals surface area (Å²) in [6.07, 6.45) is 7.35. The summed E-state index contributed by atoms with van der Waals surface area (Å²) in [4.78, 5) is 0. The molecule has 0 bridgehead atoms. The van der Waals surface area contributed by atoms with Crippen LogP contribution in [-0.2, 0) is 0 Å². The van der Waals surface area contributed by atoms with Crippen molar-refractivity contribution in [1.29, 1.82) is 0 Å². The van der Waals surface area contributed by atoms with Crippen LogP contribution < -0.4 is 16.8 Å². The molecule has 0 aromatic heterocycles. The molecule has 5 N–H and O–H groups in total. The molecule has 0 spiro atoms. The Morgan fingerprint density at radius 1 is 0.643 bits per heavy atom. The molecule has 0 aliphatic carbocycles. The first-order valence-corrected chi connectivity index (χ1v) is 5.52. The maximum atomic E-state index is 5.39. The molecule has 0 aromatic rings. The number of hydrogen-bond donors (Lipinski definition) is 3. The maximum absolute atomic E-state index is 5.39. The van der Waals surface area contributed by atoms with Crippen LogP contribution in [0.25, 0.3) is 0 Å². The van der Waals surface area contributed by atoms with Crippen LogP contribution in [-0.4, -0.2) is 45.0 Å². The van der Waals surface area contributed by atoms with E-state index in [0.29, 0.717) is 0 Å². The van der Waals surface area contributed by atoms with Gasteiger partial charge >= 0.3 is 18.9 Å². The standard InChI is InChI=1S/C10H25N3.Li.H/c11-7-3-1-5-9-13-10-6-2-4-8-12;;/h13H,1-12H2;;. The second-order valence-corrected chi connectivity index (χ2v) is 3.45. The van der Waals surface area contributed by atoms with E-state index in [-0.39, 0.29) is 18.9 Å². The van der Waals surface area contributed by atoms with Crippen molar-refractivity contribution in [2.45, 2.75) is 38.5 Å². The van der Waals surface area contributed by atoms with Gasteiger partial charge in [0.25, 0.3) is 0 Å². The zero-order chi connectivity index (χ0) is 9.78. The molecule has 3 nitrogen and oxygen atoms in total. The molecule has 0 unspecified atom stereocenters. The molecule has 0 saturated heterocycles. The van der Waals surface area contributed by atoms with E-state index in [1.165, 1.54) is 25.7 Å². The molecule has 0 rings (SSSR count). The normalized spacial score (nSPS) is 9.86. The van der Waals surface area contributed by atoms with Crippen molar-refractivity contribution in [1.82, 2.24) is 5.32 Å². The minimum atomic E-state index is 0. The van der Waals surface area contributed by atoms with Gasteiger partial charge in [-0.25, -0.2) is 0 Å². The van der Waals surface area contributed by atoms with Crippen LogP contribution >= 0.6 is 0 Å². The summed E-state index contributed by atoms with van der Waals surface area (Å²) in [5, 5.41) is 3.42. The van der Waals surface area contributed by atoms with Crippen molar-refractivity contribution in [2.24, 2.45) is 11.5 Å². The molecule has 0 fully saturated rings. The number of nitrogens with two attached hydrogens (primary N) is 2. The van der Waals surface area contributed by atoms with Gasteiger partial charge in [-0.2, -0.15) is 0 Å². The van der Waals surface area contributed by atoms with Crippen molar-refractivity contribution < 1.29 is 0 Å². The quantitative estimate of drug-likeness (QED) is 0.344. The molecule has 82 valence electrons. The predicted molar refractivity (Wildman–Crippen MR) is 65.8 cm³/mol. The molecule has 14 heavy (non-hydrogen) atoms. The van der Waals surface area contributed by atoms with Gasteiger partial charge in [0.05, 0.1) is 0 Å². The molecule has 0 aliphatic heterocycles. The monoisotopic (exact) mass is 195 g/mol. The first-order chi connectivity index (χ1) is 6.41. The number of rotatable bonds is 10. The molecule has 0 atom stereocenters. The van der Waals surface area contributed by atoms with Crippen LogP contribution in [0.15, 0.2) is 0 Å². The fourth-order valence-corrected chi connectivity index (χ4v) is 1.27. The van der Waals surface area contributed by atoms with E-state index in [9.17, 15) is 0 Å². The Morgan fingerprint density at radius 3 is 1.43 bits per heavy atom. The van der Waals surface area contributed by atoms with Crippen LogP contribution in [0.1, 0.15) is 38.5 Å². The molecule has 0 saturated carbocycles. The Labute approximate surface area is 101 Å². The third kappa shape index (κ3) is 15.0. The zero-order valence-corrected chi connectivity index (χ0v) is 8.73. The van der Waals surface area contributed by atoms with Crippen LogP contribution in [0.3, 0.4) is 0 Å². The summed E-state index contributed by atoms with van der Waals surface area (Å²) < 4.78 is 0. The third-order valence-electron chi connectivity index (χ3n) is 2.12. The topological polar surface area (TPSA) is 64.1 Å². The van der Waals surface area contributed by atoms with Gasteiger partial charge in [-0.05, 0) is 51.9 Å². The molecular formula is C10H26LiN3. The van der Waals surface area contributed by atoms with Crippen molar-refractivity contribution >= 4 is 18.9 Å². The van der Waals surface area contributed by atoms with E-state index in [2.05, 4.69) is 5.32 Å². The van der Waals surface area contributed by atoms with E-state index >= 15 is 0 Å². The number of hydrogen-bond acceptors (Lipinski definition) is 3. The summed E-state index contributed by atoms with van der Waals surface area (Å²) in [6, 6.07) is 0. The second-order valence-electron chi connectivity index (χ2n) is 3.45. The first-order valence-electron chi connectivity index (χ1n) is 5.52. The molecular weight excluding hydrogens is 169 g/mol.